The Bertz CT molecular complexity index is 1050. The molecule has 8 heteroatoms. The summed E-state index contributed by atoms with van der Waals surface area (Å²) >= 11 is 1.45. The standard InChI is InChI=1S/C24H28N6OS/c1-3-17-6-4-5-7-19(17)25-22(31)15-32-24-27-26-23-21-14-20(18-10-8-16(2)9-11-18)28-30(21)13-12-29(23)24/h4-13,20-21,23,26,28H,3,14-15H2,1-2H3,(H,25,31). The second kappa shape index (κ2) is 8.88. The van der Waals surface area contributed by atoms with Crippen LogP contribution >= 0.6 is 11.8 Å². The first-order chi connectivity index (χ1) is 15.6. The molecule has 166 valence electrons. The molecule has 7 nitrogen and oxygen atoms in total. The van der Waals surface area contributed by atoms with Crippen LogP contribution in [0, 0.1) is 6.92 Å². The largest absolute Gasteiger partial charge is 0.325 e. The molecule has 2 aromatic rings. The Labute approximate surface area is 192 Å². The van der Waals surface area contributed by atoms with Crippen molar-refractivity contribution >= 4 is 28.5 Å². The van der Waals surface area contributed by atoms with Crippen LogP contribution in [0.15, 0.2) is 66.0 Å². The molecule has 3 atom stereocenters. The summed E-state index contributed by atoms with van der Waals surface area (Å²) in [5, 5.41) is 10.6. The molecule has 1 saturated heterocycles. The topological polar surface area (TPSA) is 72.0 Å². The normalized spacial score (nSPS) is 23.4. The average molecular weight is 449 g/mol. The lowest BCUT2D eigenvalue weighted by Gasteiger charge is -2.36. The van der Waals surface area contributed by atoms with Crippen LogP contribution in [0.2, 0.25) is 0 Å². The van der Waals surface area contributed by atoms with Crippen LogP contribution in [-0.4, -0.2) is 38.9 Å². The zero-order valence-electron chi connectivity index (χ0n) is 18.3. The van der Waals surface area contributed by atoms with E-state index >= 15 is 0 Å². The van der Waals surface area contributed by atoms with E-state index in [1.165, 1.54) is 22.9 Å². The SMILES string of the molecule is CCc1ccccc1NC(=O)CSC1=NNC2C3CC(c4ccc(C)cc4)NN3C=CN12. The van der Waals surface area contributed by atoms with Gasteiger partial charge in [-0.1, -0.05) is 66.7 Å². The number of anilines is 1. The van der Waals surface area contributed by atoms with Gasteiger partial charge in [-0.15, -0.1) is 0 Å². The quantitative estimate of drug-likeness (QED) is 0.650. The monoisotopic (exact) mass is 448 g/mol. The number of rotatable bonds is 5. The molecule has 3 unspecified atom stereocenters. The van der Waals surface area contributed by atoms with Gasteiger partial charge in [0.15, 0.2) is 5.17 Å². The lowest BCUT2D eigenvalue weighted by atomic mass is 9.99. The Morgan fingerprint density at radius 3 is 2.81 bits per heavy atom. The van der Waals surface area contributed by atoms with E-state index in [1.54, 1.807) is 0 Å². The molecule has 0 bridgehead atoms. The first-order valence-corrected chi connectivity index (χ1v) is 12.0. The molecule has 3 heterocycles. The van der Waals surface area contributed by atoms with Crippen molar-refractivity contribution in [2.75, 3.05) is 11.1 Å². The zero-order chi connectivity index (χ0) is 22.1. The molecule has 0 radical (unpaired) electrons. The van der Waals surface area contributed by atoms with E-state index in [0.29, 0.717) is 5.75 Å². The number of hydrazine groups is 1. The number of benzene rings is 2. The van der Waals surface area contributed by atoms with E-state index in [4.69, 9.17) is 0 Å². The molecular weight excluding hydrogens is 420 g/mol. The summed E-state index contributed by atoms with van der Waals surface area (Å²) in [6, 6.07) is 17.2. The number of hydrogen-bond donors (Lipinski definition) is 3. The zero-order valence-corrected chi connectivity index (χ0v) is 19.1. The molecule has 0 aromatic heterocycles. The van der Waals surface area contributed by atoms with Gasteiger partial charge < -0.3 is 15.2 Å². The van der Waals surface area contributed by atoms with Gasteiger partial charge in [-0.2, -0.15) is 5.10 Å². The smallest absolute Gasteiger partial charge is 0.234 e. The number of hydrazone groups is 1. The lowest BCUT2D eigenvalue weighted by molar-refractivity contribution is -0.113. The second-order valence-electron chi connectivity index (χ2n) is 8.32. The number of aryl methyl sites for hydroxylation is 2. The number of para-hydroxylation sites is 1. The molecule has 1 fully saturated rings. The van der Waals surface area contributed by atoms with Gasteiger partial charge in [-0.05, 0) is 37.0 Å². The van der Waals surface area contributed by atoms with E-state index in [1.807, 2.05) is 30.5 Å². The first kappa shape index (κ1) is 20.9. The van der Waals surface area contributed by atoms with E-state index in [0.717, 1.165) is 29.3 Å². The predicted octanol–water partition coefficient (Wildman–Crippen LogP) is 3.54. The number of hydrogen-bond acceptors (Lipinski definition) is 7. The molecule has 2 aromatic carbocycles. The Morgan fingerprint density at radius 1 is 1.19 bits per heavy atom. The fraction of sp³-hybridized carbons (Fsp3) is 0.333. The molecular formula is C24H28N6OS. The van der Waals surface area contributed by atoms with Crippen LogP contribution in [0.1, 0.15) is 36.1 Å². The molecule has 1 amide bonds. The van der Waals surface area contributed by atoms with Crippen LogP contribution in [0.4, 0.5) is 5.69 Å². The summed E-state index contributed by atoms with van der Waals surface area (Å²) in [6.07, 6.45) is 6.01. The van der Waals surface area contributed by atoms with E-state index in [2.05, 4.69) is 75.5 Å². The summed E-state index contributed by atoms with van der Waals surface area (Å²) in [7, 11) is 0. The third kappa shape index (κ3) is 4.08. The van der Waals surface area contributed by atoms with Crippen LogP contribution in [0.3, 0.4) is 0 Å². The van der Waals surface area contributed by atoms with Crippen molar-refractivity contribution in [1.29, 1.82) is 0 Å². The summed E-state index contributed by atoms with van der Waals surface area (Å²) in [4.78, 5) is 14.7. The van der Waals surface area contributed by atoms with Crippen LogP contribution in [0.5, 0.6) is 0 Å². The maximum Gasteiger partial charge on any atom is 0.234 e. The number of nitrogens with zero attached hydrogens (tertiary/aromatic N) is 3. The fourth-order valence-corrected chi connectivity index (χ4v) is 5.21. The van der Waals surface area contributed by atoms with Crippen molar-refractivity contribution in [3.63, 3.8) is 0 Å². The van der Waals surface area contributed by atoms with Gasteiger partial charge in [0.05, 0.1) is 17.8 Å². The number of fused-ring (bicyclic) bond motifs is 3. The molecule has 0 spiro atoms. The van der Waals surface area contributed by atoms with Crippen molar-refractivity contribution in [3.8, 4) is 0 Å². The van der Waals surface area contributed by atoms with Gasteiger partial charge in [-0.25, -0.2) is 5.43 Å². The van der Waals surface area contributed by atoms with Gasteiger partial charge in [-0.3, -0.25) is 10.2 Å². The molecule has 3 N–H and O–H groups in total. The first-order valence-electron chi connectivity index (χ1n) is 11.0. The Balaban J connectivity index is 1.18. The fourth-order valence-electron chi connectivity index (χ4n) is 4.43. The molecule has 0 aliphatic carbocycles. The van der Waals surface area contributed by atoms with E-state index in [-0.39, 0.29) is 24.2 Å². The Kier molecular flexibility index (Phi) is 5.80. The lowest BCUT2D eigenvalue weighted by Crippen LogP contribution is -2.54. The average Bonchev–Trinajstić information content (AvgIpc) is 3.42. The highest BCUT2D eigenvalue weighted by Crippen LogP contribution is 2.35. The Morgan fingerprint density at radius 2 is 2.00 bits per heavy atom. The minimum absolute atomic E-state index is 0.0216. The van der Waals surface area contributed by atoms with Crippen LogP contribution in [-0.2, 0) is 11.2 Å². The number of carbonyl (C=O) groups excluding carboxylic acids is 1. The number of amides is 1. The maximum atomic E-state index is 12.5. The molecule has 5 rings (SSSR count). The molecule has 0 saturated carbocycles. The minimum Gasteiger partial charge on any atom is -0.325 e. The van der Waals surface area contributed by atoms with Crippen molar-refractivity contribution in [1.82, 2.24) is 20.8 Å². The number of carbonyl (C=O) groups is 1. The van der Waals surface area contributed by atoms with E-state index in [9.17, 15) is 4.79 Å². The number of amidine groups is 1. The molecule has 3 aliphatic heterocycles. The van der Waals surface area contributed by atoms with Crippen molar-refractivity contribution < 1.29 is 4.79 Å². The summed E-state index contributed by atoms with van der Waals surface area (Å²) in [5.74, 6) is 0.292. The van der Waals surface area contributed by atoms with Crippen LogP contribution < -0.4 is 16.2 Å². The van der Waals surface area contributed by atoms with Crippen LogP contribution in [0.25, 0.3) is 0 Å². The van der Waals surface area contributed by atoms with Gasteiger partial charge in [0.1, 0.15) is 6.17 Å². The van der Waals surface area contributed by atoms with Gasteiger partial charge in [0.25, 0.3) is 0 Å². The minimum atomic E-state index is -0.0216. The van der Waals surface area contributed by atoms with Gasteiger partial charge >= 0.3 is 0 Å². The highest BCUT2D eigenvalue weighted by atomic mass is 32.2. The highest BCUT2D eigenvalue weighted by molar-refractivity contribution is 8.14. The van der Waals surface area contributed by atoms with Crippen molar-refractivity contribution in [2.45, 2.75) is 44.9 Å². The summed E-state index contributed by atoms with van der Waals surface area (Å²) in [6.45, 7) is 4.20. The maximum absolute atomic E-state index is 12.5. The van der Waals surface area contributed by atoms with Gasteiger partial charge in [0.2, 0.25) is 5.91 Å². The number of nitrogens with one attached hydrogen (secondary N) is 3. The highest BCUT2D eigenvalue weighted by Gasteiger charge is 2.44. The third-order valence-corrected chi connectivity index (χ3v) is 7.16. The molecule has 3 aliphatic rings. The Hall–Kier alpha value is -2.97. The van der Waals surface area contributed by atoms with Crippen molar-refractivity contribution in [2.24, 2.45) is 5.10 Å². The second-order valence-corrected chi connectivity index (χ2v) is 9.27. The van der Waals surface area contributed by atoms with Crippen molar-refractivity contribution in [3.05, 3.63) is 77.6 Å². The number of thioether (sulfide) groups is 1. The molecule has 32 heavy (non-hydrogen) atoms. The van der Waals surface area contributed by atoms with E-state index < -0.39 is 0 Å². The summed E-state index contributed by atoms with van der Waals surface area (Å²) in [5.41, 5.74) is 11.5. The predicted molar refractivity (Wildman–Crippen MR) is 130 cm³/mol. The van der Waals surface area contributed by atoms with Gasteiger partial charge in [0, 0.05) is 18.1 Å². The summed E-state index contributed by atoms with van der Waals surface area (Å²) < 4.78 is 0. The third-order valence-electron chi connectivity index (χ3n) is 6.19.